The van der Waals surface area contributed by atoms with Gasteiger partial charge in [0.15, 0.2) is 0 Å². The number of ether oxygens (including phenoxy) is 1. The van der Waals surface area contributed by atoms with Crippen molar-refractivity contribution in [3.63, 3.8) is 0 Å². The van der Waals surface area contributed by atoms with Crippen LogP contribution in [0.2, 0.25) is 0 Å². The van der Waals surface area contributed by atoms with E-state index in [0.29, 0.717) is 12.0 Å². The highest BCUT2D eigenvalue weighted by Crippen LogP contribution is 2.25. The Labute approximate surface area is 118 Å². The van der Waals surface area contributed by atoms with Crippen molar-refractivity contribution >= 4 is 0 Å². The zero-order valence-electron chi connectivity index (χ0n) is 13.1. The molecule has 0 amide bonds. The number of benzene rings is 1. The molecule has 0 bridgehead atoms. The fraction of sp³-hybridized carbons (Fsp3) is 0.625. The molecule has 0 aliphatic carbocycles. The van der Waals surface area contributed by atoms with E-state index in [1.807, 2.05) is 12.1 Å². The molecule has 0 saturated heterocycles. The van der Waals surface area contributed by atoms with E-state index in [1.54, 1.807) is 7.11 Å². The lowest BCUT2D eigenvalue weighted by Crippen LogP contribution is -2.43. The molecule has 19 heavy (non-hydrogen) atoms. The molecular weight excluding hydrogens is 236 g/mol. The molecule has 1 aromatic carbocycles. The third-order valence-corrected chi connectivity index (χ3v) is 3.44. The van der Waals surface area contributed by atoms with Crippen LogP contribution in [-0.2, 0) is 0 Å². The van der Waals surface area contributed by atoms with Crippen molar-refractivity contribution in [3.8, 4) is 5.75 Å². The molecule has 0 spiro atoms. The van der Waals surface area contributed by atoms with Gasteiger partial charge in [0, 0.05) is 24.2 Å². The zero-order chi connectivity index (χ0) is 14.4. The summed E-state index contributed by atoms with van der Waals surface area (Å²) in [6, 6.07) is 8.97. The third-order valence-electron chi connectivity index (χ3n) is 3.44. The maximum atomic E-state index is 5.44. The van der Waals surface area contributed by atoms with Gasteiger partial charge in [-0.2, -0.15) is 0 Å². The van der Waals surface area contributed by atoms with Gasteiger partial charge in [-0.3, -0.25) is 0 Å². The van der Waals surface area contributed by atoms with E-state index in [0.717, 1.165) is 12.3 Å². The third kappa shape index (κ3) is 4.84. The van der Waals surface area contributed by atoms with Gasteiger partial charge in [0.25, 0.3) is 0 Å². The Kier molecular flexibility index (Phi) is 6.32. The van der Waals surface area contributed by atoms with Gasteiger partial charge in [-0.1, -0.05) is 32.0 Å². The first-order chi connectivity index (χ1) is 8.95. The molecule has 0 radical (unpaired) electrons. The van der Waals surface area contributed by atoms with Crippen molar-refractivity contribution in [1.82, 2.24) is 10.2 Å². The van der Waals surface area contributed by atoms with Gasteiger partial charge < -0.3 is 15.0 Å². The summed E-state index contributed by atoms with van der Waals surface area (Å²) < 4.78 is 5.44. The minimum Gasteiger partial charge on any atom is -0.496 e. The Morgan fingerprint density at radius 3 is 2.32 bits per heavy atom. The van der Waals surface area contributed by atoms with Gasteiger partial charge >= 0.3 is 0 Å². The van der Waals surface area contributed by atoms with Crippen molar-refractivity contribution in [2.24, 2.45) is 5.92 Å². The van der Waals surface area contributed by atoms with E-state index in [4.69, 9.17) is 4.74 Å². The van der Waals surface area contributed by atoms with Crippen LogP contribution in [0.3, 0.4) is 0 Å². The molecule has 0 saturated carbocycles. The molecule has 0 aliphatic heterocycles. The Morgan fingerprint density at radius 1 is 1.16 bits per heavy atom. The van der Waals surface area contributed by atoms with E-state index < -0.39 is 0 Å². The maximum Gasteiger partial charge on any atom is 0.123 e. The van der Waals surface area contributed by atoms with Gasteiger partial charge in [-0.05, 0) is 33.0 Å². The molecule has 0 aliphatic rings. The van der Waals surface area contributed by atoms with E-state index >= 15 is 0 Å². The first-order valence-corrected chi connectivity index (χ1v) is 6.99. The number of hydrogen-bond donors (Lipinski definition) is 1. The number of methoxy groups -OCH3 is 1. The molecule has 1 aromatic rings. The smallest absolute Gasteiger partial charge is 0.123 e. The molecule has 0 fully saturated rings. The summed E-state index contributed by atoms with van der Waals surface area (Å²) >= 11 is 0. The van der Waals surface area contributed by atoms with E-state index in [1.165, 1.54) is 5.56 Å². The quantitative estimate of drug-likeness (QED) is 0.819. The molecule has 2 unspecified atom stereocenters. The maximum absolute atomic E-state index is 5.44. The summed E-state index contributed by atoms with van der Waals surface area (Å²) in [6.45, 7) is 7.76. The van der Waals surface area contributed by atoms with Crippen LogP contribution in [0.4, 0.5) is 0 Å². The molecule has 1 N–H and O–H groups in total. The largest absolute Gasteiger partial charge is 0.496 e. The summed E-state index contributed by atoms with van der Waals surface area (Å²) in [5, 5.41) is 3.72. The minimum absolute atomic E-state index is 0.281. The molecule has 3 heteroatoms. The van der Waals surface area contributed by atoms with Crippen molar-refractivity contribution in [2.75, 3.05) is 27.7 Å². The van der Waals surface area contributed by atoms with Gasteiger partial charge in [-0.25, -0.2) is 0 Å². The van der Waals surface area contributed by atoms with Crippen molar-refractivity contribution < 1.29 is 4.74 Å². The average molecular weight is 264 g/mol. The highest BCUT2D eigenvalue weighted by atomic mass is 16.5. The second-order valence-electron chi connectivity index (χ2n) is 5.74. The van der Waals surface area contributed by atoms with Gasteiger partial charge in [-0.15, -0.1) is 0 Å². The molecule has 1 rings (SSSR count). The number of hydrogen-bond acceptors (Lipinski definition) is 3. The monoisotopic (exact) mass is 264 g/mol. The number of likely N-dealkylation sites (N-methyl/N-ethyl adjacent to an activating group) is 1. The van der Waals surface area contributed by atoms with Gasteiger partial charge in [0.05, 0.1) is 7.11 Å². The fourth-order valence-corrected chi connectivity index (χ4v) is 2.28. The van der Waals surface area contributed by atoms with Crippen LogP contribution in [0.1, 0.15) is 32.4 Å². The SMILES string of the molecule is COc1ccccc1C(C)NC(CN(C)C)C(C)C. The number of nitrogens with one attached hydrogen (secondary N) is 1. The van der Waals surface area contributed by atoms with Crippen molar-refractivity contribution in [3.05, 3.63) is 29.8 Å². The predicted octanol–water partition coefficient (Wildman–Crippen LogP) is 2.93. The summed E-state index contributed by atoms with van der Waals surface area (Å²) in [7, 11) is 5.96. The molecule has 0 heterocycles. The zero-order valence-corrected chi connectivity index (χ0v) is 13.1. The van der Waals surface area contributed by atoms with Crippen LogP contribution >= 0.6 is 0 Å². The highest BCUT2D eigenvalue weighted by molar-refractivity contribution is 5.35. The van der Waals surface area contributed by atoms with Crippen LogP contribution in [0.15, 0.2) is 24.3 Å². The van der Waals surface area contributed by atoms with E-state index in [-0.39, 0.29) is 6.04 Å². The minimum atomic E-state index is 0.281. The second-order valence-corrected chi connectivity index (χ2v) is 5.74. The first kappa shape index (κ1) is 16.0. The number of para-hydroxylation sites is 1. The average Bonchev–Trinajstić information content (AvgIpc) is 2.37. The number of nitrogens with zero attached hydrogens (tertiary/aromatic N) is 1. The highest BCUT2D eigenvalue weighted by Gasteiger charge is 2.19. The van der Waals surface area contributed by atoms with Crippen molar-refractivity contribution in [2.45, 2.75) is 32.9 Å². The second kappa shape index (κ2) is 7.51. The number of rotatable bonds is 7. The molecular formula is C16H28N2O. The first-order valence-electron chi connectivity index (χ1n) is 6.99. The Hall–Kier alpha value is -1.06. The molecule has 108 valence electrons. The lowest BCUT2D eigenvalue weighted by atomic mass is 10.00. The summed E-state index contributed by atoms with van der Waals surface area (Å²) in [4.78, 5) is 2.23. The van der Waals surface area contributed by atoms with E-state index in [2.05, 4.69) is 57.2 Å². The van der Waals surface area contributed by atoms with Gasteiger partial charge in [0.1, 0.15) is 5.75 Å². The fourth-order valence-electron chi connectivity index (χ4n) is 2.28. The molecule has 2 atom stereocenters. The predicted molar refractivity (Wildman–Crippen MR) is 81.7 cm³/mol. The molecule has 0 aromatic heterocycles. The van der Waals surface area contributed by atoms with Crippen molar-refractivity contribution in [1.29, 1.82) is 0 Å². The van der Waals surface area contributed by atoms with Crippen LogP contribution in [0.5, 0.6) is 5.75 Å². The van der Waals surface area contributed by atoms with Crippen LogP contribution in [0, 0.1) is 5.92 Å². The molecule has 3 nitrogen and oxygen atoms in total. The van der Waals surface area contributed by atoms with Gasteiger partial charge in [0.2, 0.25) is 0 Å². The summed E-state index contributed by atoms with van der Waals surface area (Å²) in [5.41, 5.74) is 1.22. The lowest BCUT2D eigenvalue weighted by Gasteiger charge is -2.29. The van der Waals surface area contributed by atoms with Crippen LogP contribution < -0.4 is 10.1 Å². The Bertz CT molecular complexity index is 377. The van der Waals surface area contributed by atoms with Crippen LogP contribution in [-0.4, -0.2) is 38.7 Å². The Balaban J connectivity index is 2.78. The summed E-state index contributed by atoms with van der Waals surface area (Å²) in [5.74, 6) is 1.55. The topological polar surface area (TPSA) is 24.5 Å². The standard InChI is InChI=1S/C16H28N2O/c1-12(2)15(11-18(4)5)17-13(3)14-9-7-8-10-16(14)19-6/h7-10,12-13,15,17H,11H2,1-6H3. The summed E-state index contributed by atoms with van der Waals surface area (Å²) in [6.07, 6.45) is 0. The normalized spacial score (nSPS) is 14.7. The lowest BCUT2D eigenvalue weighted by molar-refractivity contribution is 0.271. The van der Waals surface area contributed by atoms with E-state index in [9.17, 15) is 0 Å². The Morgan fingerprint density at radius 2 is 1.79 bits per heavy atom. The van der Waals surface area contributed by atoms with Crippen LogP contribution in [0.25, 0.3) is 0 Å².